The number of aliphatic hydroxyl groups is 1. The zero-order chi connectivity index (χ0) is 12.8. The summed E-state index contributed by atoms with van der Waals surface area (Å²) in [5.41, 5.74) is 1.94. The van der Waals surface area contributed by atoms with Crippen LogP contribution in [-0.2, 0) is 0 Å². The first-order chi connectivity index (χ1) is 8.10. The van der Waals surface area contributed by atoms with Crippen molar-refractivity contribution in [3.8, 4) is 6.07 Å². The average Bonchev–Trinajstić information content (AvgIpc) is 2.37. The predicted octanol–water partition coefficient (Wildman–Crippen LogP) is 2.73. The first-order valence-electron chi connectivity index (χ1n) is 5.97. The molecule has 0 radical (unpaired) electrons. The molecule has 0 heterocycles. The summed E-state index contributed by atoms with van der Waals surface area (Å²) in [6.45, 7) is 4.53. The molecule has 1 unspecified atom stereocenters. The van der Waals surface area contributed by atoms with Crippen LogP contribution >= 0.6 is 0 Å². The Morgan fingerprint density at radius 3 is 2.65 bits per heavy atom. The van der Waals surface area contributed by atoms with E-state index < -0.39 is 6.10 Å². The third kappa shape index (κ3) is 3.47. The first-order valence-corrected chi connectivity index (χ1v) is 5.97. The molecule has 0 aliphatic rings. The molecule has 1 rings (SSSR count). The normalized spacial score (nSPS) is 13.8. The Balaban J connectivity index is 2.93. The van der Waals surface area contributed by atoms with E-state index in [4.69, 9.17) is 5.26 Å². The van der Waals surface area contributed by atoms with E-state index in [2.05, 4.69) is 6.07 Å². The predicted molar refractivity (Wildman–Crippen MR) is 69.7 cm³/mol. The van der Waals surface area contributed by atoms with E-state index >= 15 is 0 Å². The van der Waals surface area contributed by atoms with Gasteiger partial charge in [-0.3, -0.25) is 0 Å². The lowest BCUT2D eigenvalue weighted by atomic mass is 10.0. The molecule has 17 heavy (non-hydrogen) atoms. The van der Waals surface area contributed by atoms with Crippen LogP contribution in [0.2, 0.25) is 0 Å². The summed E-state index contributed by atoms with van der Waals surface area (Å²) in [5, 5.41) is 18.8. The fraction of sp³-hybridized carbons (Fsp3) is 0.500. The molecule has 92 valence electrons. The zero-order valence-corrected chi connectivity index (χ0v) is 10.7. The molecule has 0 fully saturated rings. The minimum atomic E-state index is -0.439. The maximum absolute atomic E-state index is 9.96. The van der Waals surface area contributed by atoms with Gasteiger partial charge in [0, 0.05) is 24.8 Å². The number of aliphatic hydroxyl groups excluding tert-OH is 1. The number of anilines is 1. The average molecular weight is 232 g/mol. The van der Waals surface area contributed by atoms with E-state index in [0.29, 0.717) is 13.0 Å². The third-order valence-corrected chi connectivity index (χ3v) is 2.86. The largest absolute Gasteiger partial charge is 0.388 e. The van der Waals surface area contributed by atoms with Crippen LogP contribution < -0.4 is 4.90 Å². The summed E-state index contributed by atoms with van der Waals surface area (Å²) in [6, 6.07) is 10.0. The Labute approximate surface area is 103 Å². The summed E-state index contributed by atoms with van der Waals surface area (Å²) in [5.74, 6) is -0.0215. The van der Waals surface area contributed by atoms with Crippen LogP contribution in [0.15, 0.2) is 24.3 Å². The summed E-state index contributed by atoms with van der Waals surface area (Å²) in [6.07, 6.45) is 0.254. The molecule has 1 aromatic rings. The van der Waals surface area contributed by atoms with E-state index in [0.717, 1.165) is 11.3 Å². The van der Waals surface area contributed by atoms with Gasteiger partial charge in [0.25, 0.3) is 0 Å². The van der Waals surface area contributed by atoms with Gasteiger partial charge < -0.3 is 10.0 Å². The second-order valence-electron chi connectivity index (χ2n) is 4.39. The standard InChI is InChI=1S/C14H20N2O/c1-4-14(17)12-7-5-6-8-13(12)16(3)10-11(2)9-15/h5-8,11,14,17H,4,10H2,1-3H3/t11?,14-/m1/s1. The minimum Gasteiger partial charge on any atom is -0.388 e. The molecule has 0 aromatic heterocycles. The van der Waals surface area contributed by atoms with Crippen LogP contribution in [-0.4, -0.2) is 18.7 Å². The van der Waals surface area contributed by atoms with Crippen molar-refractivity contribution >= 4 is 5.69 Å². The molecule has 1 aromatic carbocycles. The molecule has 3 nitrogen and oxygen atoms in total. The molecule has 0 aliphatic heterocycles. The summed E-state index contributed by atoms with van der Waals surface area (Å²) >= 11 is 0. The fourth-order valence-electron chi connectivity index (χ4n) is 1.89. The molecule has 0 saturated heterocycles. The number of benzene rings is 1. The molecule has 2 atom stereocenters. The van der Waals surface area contributed by atoms with Gasteiger partial charge in [0.05, 0.1) is 18.1 Å². The van der Waals surface area contributed by atoms with Gasteiger partial charge in [-0.05, 0) is 19.4 Å². The maximum Gasteiger partial charge on any atom is 0.0807 e. The molecule has 0 spiro atoms. The quantitative estimate of drug-likeness (QED) is 0.849. The molecule has 1 N–H and O–H groups in total. The lowest BCUT2D eigenvalue weighted by Gasteiger charge is -2.25. The van der Waals surface area contributed by atoms with E-state index in [1.807, 2.05) is 50.1 Å². The number of nitrogens with zero attached hydrogens (tertiary/aromatic N) is 2. The highest BCUT2D eigenvalue weighted by molar-refractivity contribution is 5.54. The number of nitriles is 1. The van der Waals surface area contributed by atoms with Crippen LogP contribution in [0.25, 0.3) is 0 Å². The molecule has 0 amide bonds. The van der Waals surface area contributed by atoms with Crippen LogP contribution in [0.4, 0.5) is 5.69 Å². The maximum atomic E-state index is 9.96. The van der Waals surface area contributed by atoms with Crippen LogP contribution in [0.1, 0.15) is 31.9 Å². The summed E-state index contributed by atoms with van der Waals surface area (Å²) in [4.78, 5) is 2.03. The molecular formula is C14H20N2O. The van der Waals surface area contributed by atoms with Gasteiger partial charge >= 0.3 is 0 Å². The highest BCUT2D eigenvalue weighted by atomic mass is 16.3. The molecule has 3 heteroatoms. The molecule has 0 bridgehead atoms. The van der Waals surface area contributed by atoms with E-state index in [-0.39, 0.29) is 5.92 Å². The number of hydrogen-bond donors (Lipinski definition) is 1. The Hall–Kier alpha value is -1.53. The molecule has 0 saturated carbocycles. The first kappa shape index (κ1) is 13.5. The van der Waals surface area contributed by atoms with Gasteiger partial charge in [0.1, 0.15) is 0 Å². The topological polar surface area (TPSA) is 47.3 Å². The van der Waals surface area contributed by atoms with E-state index in [9.17, 15) is 5.11 Å². The lowest BCUT2D eigenvalue weighted by molar-refractivity contribution is 0.174. The van der Waals surface area contributed by atoms with Gasteiger partial charge in [-0.2, -0.15) is 5.26 Å². The van der Waals surface area contributed by atoms with Gasteiger partial charge in [0.15, 0.2) is 0 Å². The van der Waals surface area contributed by atoms with Crippen LogP contribution in [0, 0.1) is 17.2 Å². The highest BCUT2D eigenvalue weighted by Crippen LogP contribution is 2.27. The lowest BCUT2D eigenvalue weighted by Crippen LogP contribution is -2.24. The Kier molecular flexibility index (Phi) is 4.99. The van der Waals surface area contributed by atoms with Crippen molar-refractivity contribution in [2.24, 2.45) is 5.92 Å². The van der Waals surface area contributed by atoms with Crippen molar-refractivity contribution < 1.29 is 5.11 Å². The van der Waals surface area contributed by atoms with Crippen molar-refractivity contribution in [3.63, 3.8) is 0 Å². The smallest absolute Gasteiger partial charge is 0.0807 e. The van der Waals surface area contributed by atoms with Crippen molar-refractivity contribution in [1.29, 1.82) is 5.26 Å². The summed E-state index contributed by atoms with van der Waals surface area (Å²) < 4.78 is 0. The van der Waals surface area contributed by atoms with Crippen LogP contribution in [0.5, 0.6) is 0 Å². The molecular weight excluding hydrogens is 212 g/mol. The van der Waals surface area contributed by atoms with Crippen molar-refractivity contribution in [2.45, 2.75) is 26.4 Å². The number of para-hydroxylation sites is 1. The van der Waals surface area contributed by atoms with Crippen LogP contribution in [0.3, 0.4) is 0 Å². The fourth-order valence-corrected chi connectivity index (χ4v) is 1.89. The SMILES string of the molecule is CC[C@@H](O)c1ccccc1N(C)CC(C)C#N. The third-order valence-electron chi connectivity index (χ3n) is 2.86. The second kappa shape index (κ2) is 6.27. The van der Waals surface area contributed by atoms with Gasteiger partial charge in [-0.25, -0.2) is 0 Å². The number of rotatable bonds is 5. The van der Waals surface area contributed by atoms with E-state index in [1.165, 1.54) is 0 Å². The van der Waals surface area contributed by atoms with Crippen molar-refractivity contribution in [2.75, 3.05) is 18.5 Å². The Morgan fingerprint density at radius 2 is 2.06 bits per heavy atom. The summed E-state index contributed by atoms with van der Waals surface area (Å²) in [7, 11) is 1.95. The Morgan fingerprint density at radius 1 is 1.41 bits per heavy atom. The van der Waals surface area contributed by atoms with Crippen molar-refractivity contribution in [1.82, 2.24) is 0 Å². The van der Waals surface area contributed by atoms with Gasteiger partial charge in [-0.15, -0.1) is 0 Å². The van der Waals surface area contributed by atoms with Crippen molar-refractivity contribution in [3.05, 3.63) is 29.8 Å². The van der Waals surface area contributed by atoms with E-state index in [1.54, 1.807) is 0 Å². The second-order valence-corrected chi connectivity index (χ2v) is 4.39. The minimum absolute atomic E-state index is 0.0215. The number of hydrogen-bond acceptors (Lipinski definition) is 3. The van der Waals surface area contributed by atoms with Gasteiger partial charge in [0.2, 0.25) is 0 Å². The molecule has 0 aliphatic carbocycles. The zero-order valence-electron chi connectivity index (χ0n) is 10.7. The Bertz CT molecular complexity index is 397. The highest BCUT2D eigenvalue weighted by Gasteiger charge is 2.14. The monoisotopic (exact) mass is 232 g/mol. The van der Waals surface area contributed by atoms with Gasteiger partial charge in [-0.1, -0.05) is 25.1 Å².